The summed E-state index contributed by atoms with van der Waals surface area (Å²) in [4.78, 5) is 13.0. The van der Waals surface area contributed by atoms with Crippen LogP contribution in [-0.4, -0.2) is 11.9 Å². The number of aryl methyl sites for hydroxylation is 2. The van der Waals surface area contributed by atoms with Crippen LogP contribution in [0.5, 0.6) is 5.75 Å². The van der Waals surface area contributed by atoms with Crippen molar-refractivity contribution >= 4 is 11.5 Å². The van der Waals surface area contributed by atoms with E-state index in [9.17, 15) is 4.79 Å². The van der Waals surface area contributed by atoms with Crippen LogP contribution in [0.4, 0.5) is 5.69 Å². The first kappa shape index (κ1) is 17.1. The van der Waals surface area contributed by atoms with Crippen molar-refractivity contribution < 1.29 is 9.53 Å². The van der Waals surface area contributed by atoms with Gasteiger partial charge < -0.3 is 10.5 Å². The van der Waals surface area contributed by atoms with Crippen molar-refractivity contribution in [2.75, 3.05) is 5.73 Å². The Balaban J connectivity index is 2.29. The Kier molecular flexibility index (Phi) is 5.80. The summed E-state index contributed by atoms with van der Waals surface area (Å²) in [5.41, 5.74) is 9.44. The zero-order chi connectivity index (χ0) is 16.8. The lowest BCUT2D eigenvalue weighted by Gasteiger charge is -2.19. The first-order valence-electron chi connectivity index (χ1n) is 8.27. The fraction of sp³-hybridized carbons (Fsp3) is 0.350. The highest BCUT2D eigenvalue weighted by molar-refractivity contribution is 6.01. The van der Waals surface area contributed by atoms with Gasteiger partial charge >= 0.3 is 0 Å². The van der Waals surface area contributed by atoms with Crippen LogP contribution in [0.2, 0.25) is 0 Å². The molecule has 0 amide bonds. The lowest BCUT2D eigenvalue weighted by atomic mass is 9.94. The second-order valence-corrected chi connectivity index (χ2v) is 5.65. The van der Waals surface area contributed by atoms with E-state index in [0.29, 0.717) is 17.9 Å². The van der Waals surface area contributed by atoms with E-state index < -0.39 is 6.10 Å². The van der Waals surface area contributed by atoms with Crippen LogP contribution in [0.1, 0.15) is 48.7 Å². The number of hydrogen-bond acceptors (Lipinski definition) is 3. The van der Waals surface area contributed by atoms with Gasteiger partial charge in [-0.05, 0) is 48.6 Å². The largest absolute Gasteiger partial charge is 0.482 e. The number of anilines is 1. The normalized spacial score (nSPS) is 12.0. The van der Waals surface area contributed by atoms with E-state index in [1.807, 2.05) is 25.1 Å². The lowest BCUT2D eigenvalue weighted by molar-refractivity contribution is 0.0785. The van der Waals surface area contributed by atoms with Crippen molar-refractivity contribution in [1.29, 1.82) is 0 Å². The fourth-order valence-corrected chi connectivity index (χ4v) is 2.63. The smallest absolute Gasteiger partial charge is 0.203 e. The standard InChI is InChI=1S/C20H25NO2/c1-4-14-10-11-15(5-2)18(12-14)20(22)19(6-3)23-17-9-7-8-16(21)13-17/h7-13,19H,4-6,21H2,1-3H3. The number of Topliss-reactive ketones (excluding diaryl/α,β-unsaturated/α-hetero) is 1. The van der Waals surface area contributed by atoms with Gasteiger partial charge in [-0.3, -0.25) is 4.79 Å². The second-order valence-electron chi connectivity index (χ2n) is 5.65. The van der Waals surface area contributed by atoms with Crippen LogP contribution < -0.4 is 10.5 Å². The van der Waals surface area contributed by atoms with E-state index in [-0.39, 0.29) is 5.78 Å². The molecule has 2 N–H and O–H groups in total. The van der Waals surface area contributed by atoms with E-state index in [0.717, 1.165) is 24.0 Å². The number of carbonyl (C=O) groups excluding carboxylic acids is 1. The number of carbonyl (C=O) groups is 1. The minimum atomic E-state index is -0.491. The minimum Gasteiger partial charge on any atom is -0.482 e. The Hall–Kier alpha value is -2.29. The highest BCUT2D eigenvalue weighted by Crippen LogP contribution is 2.21. The van der Waals surface area contributed by atoms with Gasteiger partial charge in [0.2, 0.25) is 5.78 Å². The lowest BCUT2D eigenvalue weighted by Crippen LogP contribution is -2.27. The zero-order valence-electron chi connectivity index (χ0n) is 14.1. The molecule has 2 aromatic carbocycles. The Morgan fingerprint density at radius 3 is 2.48 bits per heavy atom. The highest BCUT2D eigenvalue weighted by atomic mass is 16.5. The van der Waals surface area contributed by atoms with Crippen molar-refractivity contribution in [3.63, 3.8) is 0 Å². The third-order valence-corrected chi connectivity index (χ3v) is 4.03. The molecule has 0 fully saturated rings. The number of nitrogens with two attached hydrogens (primary N) is 1. The Morgan fingerprint density at radius 1 is 1.09 bits per heavy atom. The predicted octanol–water partition coefficient (Wildman–Crippen LogP) is 4.43. The second kappa shape index (κ2) is 7.82. The SMILES string of the molecule is CCc1ccc(CC)c(C(=O)C(CC)Oc2cccc(N)c2)c1. The predicted molar refractivity (Wildman–Crippen MR) is 95.1 cm³/mol. The molecule has 0 radical (unpaired) electrons. The summed E-state index contributed by atoms with van der Waals surface area (Å²) in [5.74, 6) is 0.678. The average Bonchev–Trinajstić information content (AvgIpc) is 2.58. The van der Waals surface area contributed by atoms with E-state index in [1.54, 1.807) is 12.1 Å². The molecule has 0 saturated heterocycles. The fourth-order valence-electron chi connectivity index (χ4n) is 2.63. The van der Waals surface area contributed by atoms with Gasteiger partial charge in [-0.25, -0.2) is 0 Å². The molecule has 0 saturated carbocycles. The summed E-state index contributed by atoms with van der Waals surface area (Å²) in [6.07, 6.45) is 1.87. The monoisotopic (exact) mass is 311 g/mol. The molecule has 23 heavy (non-hydrogen) atoms. The van der Waals surface area contributed by atoms with Crippen LogP contribution in [0.15, 0.2) is 42.5 Å². The first-order valence-corrected chi connectivity index (χ1v) is 8.27. The number of benzene rings is 2. The van der Waals surface area contributed by atoms with E-state index >= 15 is 0 Å². The summed E-state index contributed by atoms with van der Waals surface area (Å²) in [5, 5.41) is 0. The number of rotatable bonds is 7. The molecular formula is C20H25NO2. The summed E-state index contributed by atoms with van der Waals surface area (Å²) < 4.78 is 5.90. The Labute approximate surface area is 138 Å². The molecule has 0 bridgehead atoms. The van der Waals surface area contributed by atoms with Gasteiger partial charge in [-0.15, -0.1) is 0 Å². The molecule has 3 nitrogen and oxygen atoms in total. The molecule has 1 unspecified atom stereocenters. The summed E-state index contributed by atoms with van der Waals surface area (Å²) in [6.45, 7) is 6.12. The third-order valence-electron chi connectivity index (χ3n) is 4.03. The summed E-state index contributed by atoms with van der Waals surface area (Å²) in [7, 11) is 0. The van der Waals surface area contributed by atoms with Crippen LogP contribution in [-0.2, 0) is 12.8 Å². The molecule has 0 aliphatic rings. The zero-order valence-corrected chi connectivity index (χ0v) is 14.1. The molecule has 3 heteroatoms. The van der Waals surface area contributed by atoms with Crippen LogP contribution in [0, 0.1) is 0 Å². The number of nitrogen functional groups attached to an aromatic ring is 1. The summed E-state index contributed by atoms with van der Waals surface area (Å²) >= 11 is 0. The maximum absolute atomic E-state index is 13.0. The van der Waals surface area contributed by atoms with Crippen molar-refractivity contribution in [1.82, 2.24) is 0 Å². The van der Waals surface area contributed by atoms with Crippen molar-refractivity contribution in [3.8, 4) is 5.75 Å². The van der Waals surface area contributed by atoms with Crippen LogP contribution >= 0.6 is 0 Å². The van der Waals surface area contributed by atoms with Crippen molar-refractivity contribution in [2.45, 2.75) is 46.1 Å². The molecular weight excluding hydrogens is 286 g/mol. The van der Waals surface area contributed by atoms with Gasteiger partial charge in [0.1, 0.15) is 5.75 Å². The van der Waals surface area contributed by atoms with Gasteiger partial charge in [-0.2, -0.15) is 0 Å². The van der Waals surface area contributed by atoms with Crippen LogP contribution in [0.25, 0.3) is 0 Å². The molecule has 0 heterocycles. The molecule has 0 aliphatic carbocycles. The topological polar surface area (TPSA) is 52.3 Å². The van der Waals surface area contributed by atoms with Gasteiger partial charge in [-0.1, -0.05) is 39.0 Å². The van der Waals surface area contributed by atoms with Crippen LogP contribution in [0.3, 0.4) is 0 Å². The minimum absolute atomic E-state index is 0.0436. The average molecular weight is 311 g/mol. The third kappa shape index (κ3) is 4.13. The Bertz CT molecular complexity index is 679. The number of hydrogen-bond donors (Lipinski definition) is 1. The maximum atomic E-state index is 13.0. The maximum Gasteiger partial charge on any atom is 0.203 e. The first-order chi connectivity index (χ1) is 11.1. The van der Waals surface area contributed by atoms with Crippen molar-refractivity contribution in [2.24, 2.45) is 0 Å². The molecule has 122 valence electrons. The van der Waals surface area contributed by atoms with E-state index in [4.69, 9.17) is 10.5 Å². The molecule has 2 rings (SSSR count). The van der Waals surface area contributed by atoms with E-state index in [2.05, 4.69) is 26.0 Å². The quantitative estimate of drug-likeness (QED) is 0.608. The van der Waals surface area contributed by atoms with Gasteiger partial charge in [0, 0.05) is 17.3 Å². The van der Waals surface area contributed by atoms with E-state index in [1.165, 1.54) is 5.56 Å². The highest BCUT2D eigenvalue weighted by Gasteiger charge is 2.22. The molecule has 0 aromatic heterocycles. The van der Waals surface area contributed by atoms with Gasteiger partial charge in [0.05, 0.1) is 0 Å². The molecule has 2 aromatic rings. The summed E-state index contributed by atoms with van der Waals surface area (Å²) in [6, 6.07) is 13.4. The molecule has 1 atom stereocenters. The molecule has 0 spiro atoms. The number of ether oxygens (including phenoxy) is 1. The molecule has 0 aliphatic heterocycles. The number of ketones is 1. The Morgan fingerprint density at radius 2 is 1.87 bits per heavy atom. The van der Waals surface area contributed by atoms with Gasteiger partial charge in [0.25, 0.3) is 0 Å². The van der Waals surface area contributed by atoms with Gasteiger partial charge in [0.15, 0.2) is 6.10 Å². The van der Waals surface area contributed by atoms with Crippen molar-refractivity contribution in [3.05, 3.63) is 59.2 Å².